The number of aldehydes is 1. The Bertz CT molecular complexity index is 527. The van der Waals surface area contributed by atoms with Crippen molar-refractivity contribution >= 4 is 12.1 Å². The van der Waals surface area contributed by atoms with Gasteiger partial charge in [0.2, 0.25) is 0 Å². The lowest BCUT2D eigenvalue weighted by atomic mass is 9.94. The van der Waals surface area contributed by atoms with Crippen molar-refractivity contribution in [2.75, 3.05) is 0 Å². The number of alkyl halides is 3. The van der Waals surface area contributed by atoms with Crippen molar-refractivity contribution in [2.45, 2.75) is 13.1 Å². The first-order chi connectivity index (χ1) is 7.82. The SMILES string of the molecule is CC(=O)c1c(C=O)ccc(C#N)c1C(F)(F)F. The van der Waals surface area contributed by atoms with Gasteiger partial charge < -0.3 is 0 Å². The van der Waals surface area contributed by atoms with Gasteiger partial charge in [0, 0.05) is 11.1 Å². The molecule has 0 amide bonds. The van der Waals surface area contributed by atoms with Crippen molar-refractivity contribution in [1.29, 1.82) is 5.26 Å². The van der Waals surface area contributed by atoms with E-state index >= 15 is 0 Å². The van der Waals surface area contributed by atoms with Crippen LogP contribution in [0.4, 0.5) is 13.2 Å². The normalized spacial score (nSPS) is 10.8. The van der Waals surface area contributed by atoms with E-state index in [1.54, 1.807) is 0 Å². The highest BCUT2D eigenvalue weighted by molar-refractivity contribution is 6.03. The molecule has 17 heavy (non-hydrogen) atoms. The number of nitrogens with zero attached hydrogens (tertiary/aromatic N) is 1. The molecule has 3 nitrogen and oxygen atoms in total. The minimum absolute atomic E-state index is 0.160. The number of ketones is 1. The summed E-state index contributed by atoms with van der Waals surface area (Å²) in [4.78, 5) is 21.8. The van der Waals surface area contributed by atoms with Gasteiger partial charge in [-0.05, 0) is 19.1 Å². The van der Waals surface area contributed by atoms with Crippen molar-refractivity contribution in [3.8, 4) is 6.07 Å². The zero-order valence-corrected chi connectivity index (χ0v) is 8.63. The summed E-state index contributed by atoms with van der Waals surface area (Å²) in [5, 5.41) is 8.60. The standard InChI is InChI=1S/C11H6F3NO2/c1-6(17)9-8(5-16)3-2-7(4-15)10(9)11(12,13)14/h2-3,5H,1H3. The van der Waals surface area contributed by atoms with Crippen LogP contribution in [0.25, 0.3) is 0 Å². The van der Waals surface area contributed by atoms with Crippen LogP contribution in [-0.2, 0) is 6.18 Å². The molecule has 88 valence electrons. The van der Waals surface area contributed by atoms with E-state index in [9.17, 15) is 22.8 Å². The second-order valence-electron chi connectivity index (χ2n) is 3.24. The van der Waals surface area contributed by atoms with Gasteiger partial charge in [0.05, 0.1) is 17.2 Å². The third-order valence-corrected chi connectivity index (χ3v) is 2.12. The zero-order valence-electron chi connectivity index (χ0n) is 8.63. The molecule has 0 aliphatic rings. The van der Waals surface area contributed by atoms with Crippen LogP contribution in [0.1, 0.15) is 38.8 Å². The van der Waals surface area contributed by atoms with Crippen LogP contribution in [0.15, 0.2) is 12.1 Å². The fourth-order valence-electron chi connectivity index (χ4n) is 1.48. The van der Waals surface area contributed by atoms with Gasteiger partial charge >= 0.3 is 6.18 Å². The van der Waals surface area contributed by atoms with Crippen LogP contribution < -0.4 is 0 Å². The Hall–Kier alpha value is -2.16. The van der Waals surface area contributed by atoms with Crippen molar-refractivity contribution in [2.24, 2.45) is 0 Å². The minimum Gasteiger partial charge on any atom is -0.298 e. The molecule has 1 rings (SSSR count). The number of carbonyl (C=O) groups is 2. The third kappa shape index (κ3) is 2.33. The molecule has 0 radical (unpaired) electrons. The molecule has 0 saturated carbocycles. The summed E-state index contributed by atoms with van der Waals surface area (Å²) in [5.74, 6) is -0.906. The fraction of sp³-hybridized carbons (Fsp3) is 0.182. The molecule has 0 N–H and O–H groups in total. The van der Waals surface area contributed by atoms with Gasteiger partial charge in [-0.2, -0.15) is 18.4 Å². The van der Waals surface area contributed by atoms with E-state index in [-0.39, 0.29) is 11.8 Å². The fourth-order valence-corrected chi connectivity index (χ4v) is 1.48. The van der Waals surface area contributed by atoms with Crippen LogP contribution in [-0.4, -0.2) is 12.1 Å². The lowest BCUT2D eigenvalue weighted by molar-refractivity contribution is -0.138. The van der Waals surface area contributed by atoms with Crippen LogP contribution >= 0.6 is 0 Å². The lowest BCUT2D eigenvalue weighted by Gasteiger charge is -2.14. The monoisotopic (exact) mass is 241 g/mol. The molecule has 0 saturated heterocycles. The number of hydrogen-bond donors (Lipinski definition) is 0. The van der Waals surface area contributed by atoms with E-state index in [1.165, 1.54) is 6.07 Å². The van der Waals surface area contributed by atoms with Gasteiger partial charge in [-0.3, -0.25) is 9.59 Å². The summed E-state index contributed by atoms with van der Waals surface area (Å²) in [6.45, 7) is 0.915. The summed E-state index contributed by atoms with van der Waals surface area (Å²) in [7, 11) is 0. The van der Waals surface area contributed by atoms with Gasteiger partial charge in [-0.15, -0.1) is 0 Å². The minimum atomic E-state index is -4.86. The van der Waals surface area contributed by atoms with Crippen molar-refractivity contribution in [3.05, 3.63) is 34.4 Å². The molecule has 1 aromatic rings. The summed E-state index contributed by atoms with van der Waals surface area (Å²) in [6.07, 6.45) is -4.70. The van der Waals surface area contributed by atoms with E-state index in [1.807, 2.05) is 0 Å². The predicted molar refractivity (Wildman–Crippen MR) is 51.6 cm³/mol. The van der Waals surface area contributed by atoms with E-state index in [4.69, 9.17) is 5.26 Å². The van der Waals surface area contributed by atoms with E-state index < -0.39 is 28.6 Å². The average molecular weight is 241 g/mol. The number of halogens is 3. The zero-order chi connectivity index (χ0) is 13.2. The van der Waals surface area contributed by atoms with Crippen LogP contribution in [0.5, 0.6) is 0 Å². The molecule has 0 fully saturated rings. The van der Waals surface area contributed by atoms with E-state index in [0.717, 1.165) is 19.1 Å². The van der Waals surface area contributed by atoms with Gasteiger partial charge in [0.1, 0.15) is 0 Å². The molecule has 0 aromatic heterocycles. The lowest BCUT2D eigenvalue weighted by Crippen LogP contribution is -2.16. The van der Waals surface area contributed by atoms with Gasteiger partial charge in [0.15, 0.2) is 12.1 Å². The number of Topliss-reactive ketones (excluding diaryl/α,β-unsaturated/α-hetero) is 1. The summed E-state index contributed by atoms with van der Waals surface area (Å²) >= 11 is 0. The Labute approximate surface area is 94.5 Å². The molecule has 0 heterocycles. The molecule has 0 bridgehead atoms. The quantitative estimate of drug-likeness (QED) is 0.590. The Balaban J connectivity index is 3.79. The largest absolute Gasteiger partial charge is 0.418 e. The highest BCUT2D eigenvalue weighted by Crippen LogP contribution is 2.35. The molecule has 6 heteroatoms. The van der Waals surface area contributed by atoms with Crippen molar-refractivity contribution in [3.63, 3.8) is 0 Å². The smallest absolute Gasteiger partial charge is 0.298 e. The highest BCUT2D eigenvalue weighted by Gasteiger charge is 2.38. The first-order valence-corrected chi connectivity index (χ1v) is 4.43. The number of benzene rings is 1. The summed E-state index contributed by atoms with van der Waals surface area (Å²) in [5.41, 5.74) is -3.15. The molecule has 0 atom stereocenters. The Kier molecular flexibility index (Phi) is 3.32. The predicted octanol–water partition coefficient (Wildman–Crippen LogP) is 2.59. The second kappa shape index (κ2) is 4.37. The topological polar surface area (TPSA) is 57.9 Å². The second-order valence-corrected chi connectivity index (χ2v) is 3.24. The number of hydrogen-bond acceptors (Lipinski definition) is 3. The van der Waals surface area contributed by atoms with Crippen molar-refractivity contribution < 1.29 is 22.8 Å². The first kappa shape index (κ1) is 12.9. The molecule has 0 aliphatic heterocycles. The molecule has 0 unspecified atom stereocenters. The Morgan fingerprint density at radius 3 is 2.35 bits per heavy atom. The van der Waals surface area contributed by atoms with Crippen LogP contribution in [0.2, 0.25) is 0 Å². The van der Waals surface area contributed by atoms with Gasteiger partial charge in [-0.25, -0.2) is 0 Å². The summed E-state index contributed by atoms with van der Waals surface area (Å²) in [6, 6.07) is 3.26. The molecular weight excluding hydrogens is 235 g/mol. The number of nitriles is 1. The maximum Gasteiger partial charge on any atom is 0.418 e. The number of carbonyl (C=O) groups excluding carboxylic acids is 2. The molecule has 0 spiro atoms. The highest BCUT2D eigenvalue weighted by atomic mass is 19.4. The average Bonchev–Trinajstić information content (AvgIpc) is 2.25. The van der Waals surface area contributed by atoms with Crippen molar-refractivity contribution in [1.82, 2.24) is 0 Å². The van der Waals surface area contributed by atoms with Crippen LogP contribution in [0.3, 0.4) is 0 Å². The third-order valence-electron chi connectivity index (χ3n) is 2.12. The Morgan fingerprint density at radius 1 is 1.41 bits per heavy atom. The first-order valence-electron chi connectivity index (χ1n) is 4.43. The summed E-state index contributed by atoms with van der Waals surface area (Å²) < 4.78 is 38.3. The van der Waals surface area contributed by atoms with E-state index in [0.29, 0.717) is 0 Å². The van der Waals surface area contributed by atoms with Crippen LogP contribution in [0, 0.1) is 11.3 Å². The number of rotatable bonds is 2. The van der Waals surface area contributed by atoms with Gasteiger partial charge in [-0.1, -0.05) is 0 Å². The maximum absolute atomic E-state index is 12.8. The molecular formula is C11H6F3NO2. The molecule has 0 aliphatic carbocycles. The molecule has 1 aromatic carbocycles. The Morgan fingerprint density at radius 2 is 2.00 bits per heavy atom. The van der Waals surface area contributed by atoms with Gasteiger partial charge in [0.25, 0.3) is 0 Å². The van der Waals surface area contributed by atoms with E-state index in [2.05, 4.69) is 0 Å². The maximum atomic E-state index is 12.8.